The van der Waals surface area contributed by atoms with Gasteiger partial charge in [-0.2, -0.15) is 5.10 Å². The molecule has 0 bridgehead atoms. The molecule has 0 aliphatic carbocycles. The van der Waals surface area contributed by atoms with Crippen LogP contribution in [-0.4, -0.2) is 9.78 Å². The Morgan fingerprint density at radius 1 is 0.750 bits per heavy atom. The third-order valence-corrected chi connectivity index (χ3v) is 5.16. The van der Waals surface area contributed by atoms with E-state index in [0.29, 0.717) is 27.0 Å². The van der Waals surface area contributed by atoms with E-state index in [1.54, 1.807) is 47.1 Å². The molecule has 6 heteroatoms. The van der Waals surface area contributed by atoms with Gasteiger partial charge in [0.15, 0.2) is 0 Å². The van der Waals surface area contributed by atoms with Crippen molar-refractivity contribution in [2.24, 2.45) is 0 Å². The van der Waals surface area contributed by atoms with Gasteiger partial charge in [-0.25, -0.2) is 13.2 Å². The second-order valence-corrected chi connectivity index (χ2v) is 7.07. The van der Waals surface area contributed by atoms with Crippen LogP contribution < -0.4 is 0 Å². The van der Waals surface area contributed by atoms with E-state index in [0.717, 1.165) is 5.56 Å². The quantitative estimate of drug-likeness (QED) is 0.355. The van der Waals surface area contributed by atoms with Crippen LogP contribution in [0.3, 0.4) is 0 Å². The van der Waals surface area contributed by atoms with Gasteiger partial charge in [-0.3, -0.25) is 4.68 Å². The standard InChI is InChI=1S/C22H14BrF3N2/c23-20-21(14-5-9-17(24)10-6-14)27-28(13-16-3-1-2-4-19(16)26)22(20)15-7-11-18(25)12-8-15/h1-12H,13H2. The molecule has 0 saturated carbocycles. The van der Waals surface area contributed by atoms with Gasteiger partial charge in [0.25, 0.3) is 0 Å². The third-order valence-electron chi connectivity index (χ3n) is 4.41. The van der Waals surface area contributed by atoms with E-state index in [1.165, 1.54) is 30.3 Å². The van der Waals surface area contributed by atoms with Gasteiger partial charge in [0, 0.05) is 16.7 Å². The Labute approximate surface area is 168 Å². The fourth-order valence-corrected chi connectivity index (χ4v) is 3.76. The maximum Gasteiger partial charge on any atom is 0.128 e. The summed E-state index contributed by atoms with van der Waals surface area (Å²) in [6.45, 7) is 0.194. The molecule has 0 aliphatic rings. The van der Waals surface area contributed by atoms with Crippen LogP contribution in [0.5, 0.6) is 0 Å². The summed E-state index contributed by atoms with van der Waals surface area (Å²) in [5, 5.41) is 4.63. The molecule has 0 saturated heterocycles. The van der Waals surface area contributed by atoms with E-state index in [-0.39, 0.29) is 24.0 Å². The topological polar surface area (TPSA) is 17.8 Å². The number of aromatic nitrogens is 2. The fourth-order valence-electron chi connectivity index (χ4n) is 3.02. The number of halogens is 4. The van der Waals surface area contributed by atoms with Crippen LogP contribution in [0.2, 0.25) is 0 Å². The third kappa shape index (κ3) is 3.60. The Bertz CT molecular complexity index is 1120. The van der Waals surface area contributed by atoms with Crippen molar-refractivity contribution < 1.29 is 13.2 Å². The highest BCUT2D eigenvalue weighted by molar-refractivity contribution is 9.10. The molecule has 0 aliphatic heterocycles. The zero-order chi connectivity index (χ0) is 19.7. The molecule has 0 N–H and O–H groups in total. The van der Waals surface area contributed by atoms with Crippen LogP contribution in [0.25, 0.3) is 22.5 Å². The van der Waals surface area contributed by atoms with Crippen LogP contribution in [0, 0.1) is 17.5 Å². The van der Waals surface area contributed by atoms with Crippen LogP contribution in [-0.2, 0) is 6.54 Å². The van der Waals surface area contributed by atoms with Gasteiger partial charge >= 0.3 is 0 Å². The van der Waals surface area contributed by atoms with Crippen molar-refractivity contribution in [3.63, 3.8) is 0 Å². The summed E-state index contributed by atoms with van der Waals surface area (Å²) in [6, 6.07) is 18.5. The van der Waals surface area contributed by atoms with Crippen LogP contribution >= 0.6 is 15.9 Å². The molecule has 0 spiro atoms. The molecule has 4 aromatic rings. The van der Waals surface area contributed by atoms with Crippen molar-refractivity contribution in [3.8, 4) is 22.5 Å². The maximum absolute atomic E-state index is 14.2. The lowest BCUT2D eigenvalue weighted by Gasteiger charge is -2.09. The summed E-state index contributed by atoms with van der Waals surface area (Å²) in [5.74, 6) is -1.02. The van der Waals surface area contributed by atoms with Crippen molar-refractivity contribution in [1.29, 1.82) is 0 Å². The number of rotatable bonds is 4. The summed E-state index contributed by atoms with van der Waals surface area (Å²) >= 11 is 3.58. The molecule has 3 aromatic carbocycles. The van der Waals surface area contributed by atoms with Crippen molar-refractivity contribution in [3.05, 3.63) is 100 Å². The average molecular weight is 443 g/mol. The zero-order valence-electron chi connectivity index (χ0n) is 14.5. The Balaban J connectivity index is 1.87. The predicted octanol–water partition coefficient (Wildman–Crippen LogP) is 6.45. The summed E-state index contributed by atoms with van der Waals surface area (Å²) in [4.78, 5) is 0. The monoisotopic (exact) mass is 442 g/mol. The van der Waals surface area contributed by atoms with Crippen molar-refractivity contribution in [1.82, 2.24) is 9.78 Å². The molecule has 0 radical (unpaired) electrons. The van der Waals surface area contributed by atoms with E-state index in [4.69, 9.17) is 0 Å². The Hall–Kier alpha value is -2.86. The highest BCUT2D eigenvalue weighted by Gasteiger charge is 2.20. The van der Waals surface area contributed by atoms with Crippen LogP contribution in [0.15, 0.2) is 77.3 Å². The highest BCUT2D eigenvalue weighted by atomic mass is 79.9. The lowest BCUT2D eigenvalue weighted by Crippen LogP contribution is -2.05. The second kappa shape index (κ2) is 7.64. The minimum absolute atomic E-state index is 0.194. The first-order chi connectivity index (χ1) is 13.5. The molecule has 1 aromatic heterocycles. The van der Waals surface area contributed by atoms with Gasteiger partial charge in [0.1, 0.15) is 23.1 Å². The molecular formula is C22H14BrF3N2. The van der Waals surface area contributed by atoms with Gasteiger partial charge < -0.3 is 0 Å². The minimum atomic E-state index is -0.348. The molecular weight excluding hydrogens is 429 g/mol. The SMILES string of the molecule is Fc1ccc(-c2nn(Cc3ccccc3F)c(-c3ccc(F)cc3)c2Br)cc1. The van der Waals surface area contributed by atoms with Crippen molar-refractivity contribution in [2.75, 3.05) is 0 Å². The Morgan fingerprint density at radius 3 is 1.93 bits per heavy atom. The zero-order valence-corrected chi connectivity index (χ0v) is 16.1. The molecule has 4 rings (SSSR count). The lowest BCUT2D eigenvalue weighted by molar-refractivity contribution is 0.587. The van der Waals surface area contributed by atoms with E-state index in [2.05, 4.69) is 21.0 Å². The molecule has 0 amide bonds. The first kappa shape index (κ1) is 18.5. The van der Waals surface area contributed by atoms with Gasteiger partial charge in [-0.05, 0) is 70.5 Å². The normalized spacial score (nSPS) is 11.0. The summed E-state index contributed by atoms with van der Waals surface area (Å²) in [5.41, 5.74) is 3.19. The molecule has 140 valence electrons. The maximum atomic E-state index is 14.2. The van der Waals surface area contributed by atoms with Crippen LogP contribution in [0.1, 0.15) is 5.56 Å². The van der Waals surface area contributed by atoms with Gasteiger partial charge in [-0.1, -0.05) is 18.2 Å². The highest BCUT2D eigenvalue weighted by Crippen LogP contribution is 2.37. The van der Waals surface area contributed by atoms with Crippen LogP contribution in [0.4, 0.5) is 13.2 Å². The van der Waals surface area contributed by atoms with Gasteiger partial charge in [0.2, 0.25) is 0 Å². The van der Waals surface area contributed by atoms with Gasteiger partial charge in [-0.15, -0.1) is 0 Å². The van der Waals surface area contributed by atoms with Crippen molar-refractivity contribution >= 4 is 15.9 Å². The first-order valence-corrected chi connectivity index (χ1v) is 9.34. The van der Waals surface area contributed by atoms with E-state index >= 15 is 0 Å². The molecule has 1 heterocycles. The molecule has 28 heavy (non-hydrogen) atoms. The summed E-state index contributed by atoms with van der Waals surface area (Å²) < 4.78 is 43.2. The number of hydrogen-bond acceptors (Lipinski definition) is 1. The number of nitrogens with zero attached hydrogens (tertiary/aromatic N) is 2. The molecule has 0 atom stereocenters. The molecule has 0 fully saturated rings. The molecule has 0 unspecified atom stereocenters. The second-order valence-electron chi connectivity index (χ2n) is 6.27. The molecule has 2 nitrogen and oxygen atoms in total. The predicted molar refractivity (Wildman–Crippen MR) is 106 cm³/mol. The fraction of sp³-hybridized carbons (Fsp3) is 0.0455. The lowest BCUT2D eigenvalue weighted by atomic mass is 10.1. The average Bonchev–Trinajstić information content (AvgIpc) is 3.01. The Morgan fingerprint density at radius 2 is 1.32 bits per heavy atom. The summed E-state index contributed by atoms with van der Waals surface area (Å²) in [7, 11) is 0. The number of benzene rings is 3. The first-order valence-electron chi connectivity index (χ1n) is 8.54. The van der Waals surface area contributed by atoms with Crippen molar-refractivity contribution in [2.45, 2.75) is 6.54 Å². The van der Waals surface area contributed by atoms with E-state index in [1.807, 2.05) is 0 Å². The Kier molecular flexibility index (Phi) is 5.05. The van der Waals surface area contributed by atoms with E-state index in [9.17, 15) is 13.2 Å². The largest absolute Gasteiger partial charge is 0.259 e. The summed E-state index contributed by atoms with van der Waals surface area (Å²) in [6.07, 6.45) is 0. The van der Waals surface area contributed by atoms with Gasteiger partial charge in [0.05, 0.1) is 16.7 Å². The number of hydrogen-bond donors (Lipinski definition) is 0. The van der Waals surface area contributed by atoms with E-state index < -0.39 is 0 Å². The minimum Gasteiger partial charge on any atom is -0.259 e. The smallest absolute Gasteiger partial charge is 0.128 e.